The molecule has 4 rings (SSSR count). The number of hydrogen-bond acceptors (Lipinski definition) is 2. The lowest BCUT2D eigenvalue weighted by molar-refractivity contribution is 1.21. The Morgan fingerprint density at radius 2 is 1.22 bits per heavy atom. The van der Waals surface area contributed by atoms with Crippen LogP contribution in [0.15, 0.2) is 85.4 Å². The highest BCUT2D eigenvalue weighted by Crippen LogP contribution is 2.46. The number of benzene rings is 3. The van der Waals surface area contributed by atoms with Crippen molar-refractivity contribution in [3.63, 3.8) is 0 Å². The Morgan fingerprint density at radius 1 is 0.652 bits per heavy atom. The van der Waals surface area contributed by atoms with Crippen LogP contribution in [0.1, 0.15) is 5.56 Å². The lowest BCUT2D eigenvalue weighted by Crippen LogP contribution is -2.14. The van der Waals surface area contributed by atoms with E-state index in [2.05, 4.69) is 96.2 Å². The molecule has 0 amide bonds. The molecule has 0 unspecified atom stereocenters. The molecule has 0 aromatic heterocycles. The molecule has 112 valence electrons. The molecule has 0 fully saturated rings. The Balaban J connectivity index is 2.03. The molecule has 0 bridgehead atoms. The predicted octanol–water partition coefficient (Wildman–Crippen LogP) is 5.58. The maximum atomic E-state index is 4.41. The van der Waals surface area contributed by atoms with Gasteiger partial charge in [0.25, 0.3) is 0 Å². The van der Waals surface area contributed by atoms with E-state index in [1.165, 1.54) is 11.4 Å². The van der Waals surface area contributed by atoms with Gasteiger partial charge in [-0.15, -0.1) is 0 Å². The molecule has 3 aromatic rings. The van der Waals surface area contributed by atoms with Gasteiger partial charge in [0, 0.05) is 24.0 Å². The molecular formula is C21H18N2. The summed E-state index contributed by atoms with van der Waals surface area (Å²) in [6.07, 6.45) is 0. The molecule has 23 heavy (non-hydrogen) atoms. The van der Waals surface area contributed by atoms with Gasteiger partial charge in [0.1, 0.15) is 0 Å². The highest BCUT2D eigenvalue weighted by Gasteiger charge is 2.26. The first-order valence-electron chi connectivity index (χ1n) is 7.73. The number of hydrogen-bond donors (Lipinski definition) is 0. The Morgan fingerprint density at radius 3 is 1.96 bits per heavy atom. The molecule has 3 aromatic carbocycles. The molecular weight excluding hydrogens is 280 g/mol. The molecule has 0 aliphatic carbocycles. The first kappa shape index (κ1) is 13.6. The lowest BCUT2D eigenvalue weighted by atomic mass is 10.1. The third kappa shape index (κ3) is 2.11. The van der Waals surface area contributed by atoms with Gasteiger partial charge < -0.3 is 9.80 Å². The van der Waals surface area contributed by atoms with Crippen molar-refractivity contribution in [3.8, 4) is 0 Å². The fourth-order valence-corrected chi connectivity index (χ4v) is 3.21. The van der Waals surface area contributed by atoms with Crippen LogP contribution in [0.25, 0.3) is 5.70 Å². The summed E-state index contributed by atoms with van der Waals surface area (Å²) >= 11 is 0. The first-order chi connectivity index (χ1) is 11.3. The SMILES string of the molecule is C=C1c2ccccc2N(C)c2ccccc2N1c1ccccc1. The summed E-state index contributed by atoms with van der Waals surface area (Å²) in [6, 6.07) is 27.3. The van der Waals surface area contributed by atoms with Crippen molar-refractivity contribution in [2.75, 3.05) is 16.8 Å². The molecule has 0 N–H and O–H groups in total. The zero-order valence-corrected chi connectivity index (χ0v) is 13.1. The number of rotatable bonds is 1. The Bertz CT molecular complexity index is 868. The van der Waals surface area contributed by atoms with E-state index in [4.69, 9.17) is 0 Å². The highest BCUT2D eigenvalue weighted by atomic mass is 15.2. The van der Waals surface area contributed by atoms with Crippen LogP contribution in [-0.2, 0) is 0 Å². The van der Waals surface area contributed by atoms with Gasteiger partial charge in [-0.25, -0.2) is 0 Å². The lowest BCUT2D eigenvalue weighted by Gasteiger charge is -2.27. The van der Waals surface area contributed by atoms with Crippen LogP contribution in [0.3, 0.4) is 0 Å². The van der Waals surface area contributed by atoms with E-state index in [0.29, 0.717) is 0 Å². The van der Waals surface area contributed by atoms with E-state index in [1.54, 1.807) is 0 Å². The summed E-state index contributed by atoms with van der Waals surface area (Å²) in [4.78, 5) is 4.47. The number of anilines is 4. The minimum atomic E-state index is 0.989. The minimum absolute atomic E-state index is 0.989. The van der Waals surface area contributed by atoms with Gasteiger partial charge in [0.05, 0.1) is 17.1 Å². The average Bonchev–Trinajstić information content (AvgIpc) is 2.71. The second-order valence-corrected chi connectivity index (χ2v) is 5.68. The molecule has 1 aliphatic rings. The highest BCUT2D eigenvalue weighted by molar-refractivity contribution is 5.99. The third-order valence-corrected chi connectivity index (χ3v) is 4.34. The van der Waals surface area contributed by atoms with E-state index in [9.17, 15) is 0 Å². The number of nitrogens with zero attached hydrogens (tertiary/aromatic N) is 2. The van der Waals surface area contributed by atoms with Gasteiger partial charge in [0.15, 0.2) is 0 Å². The van der Waals surface area contributed by atoms with Gasteiger partial charge in [-0.3, -0.25) is 0 Å². The van der Waals surface area contributed by atoms with E-state index >= 15 is 0 Å². The van der Waals surface area contributed by atoms with Crippen LogP contribution in [-0.4, -0.2) is 7.05 Å². The molecule has 1 heterocycles. The topological polar surface area (TPSA) is 6.48 Å². The van der Waals surface area contributed by atoms with E-state index in [0.717, 1.165) is 22.6 Å². The van der Waals surface area contributed by atoms with Gasteiger partial charge >= 0.3 is 0 Å². The van der Waals surface area contributed by atoms with Crippen LogP contribution < -0.4 is 9.80 Å². The zero-order valence-electron chi connectivity index (χ0n) is 13.1. The summed E-state index contributed by atoms with van der Waals surface area (Å²) in [7, 11) is 2.11. The maximum absolute atomic E-state index is 4.41. The molecule has 2 heteroatoms. The van der Waals surface area contributed by atoms with Crippen molar-refractivity contribution < 1.29 is 0 Å². The van der Waals surface area contributed by atoms with Crippen LogP contribution in [0.4, 0.5) is 22.7 Å². The molecule has 1 aliphatic heterocycles. The van der Waals surface area contributed by atoms with Crippen molar-refractivity contribution in [2.45, 2.75) is 0 Å². The monoisotopic (exact) mass is 298 g/mol. The summed E-state index contributed by atoms with van der Waals surface area (Å²) in [5.74, 6) is 0. The van der Waals surface area contributed by atoms with Gasteiger partial charge in [0.2, 0.25) is 0 Å². The molecule has 2 nitrogen and oxygen atoms in total. The van der Waals surface area contributed by atoms with E-state index < -0.39 is 0 Å². The largest absolute Gasteiger partial charge is 0.342 e. The van der Waals surface area contributed by atoms with Crippen LogP contribution in [0.5, 0.6) is 0 Å². The van der Waals surface area contributed by atoms with Crippen LogP contribution in [0, 0.1) is 0 Å². The maximum Gasteiger partial charge on any atom is 0.0698 e. The van der Waals surface area contributed by atoms with Crippen molar-refractivity contribution in [3.05, 3.63) is 91.0 Å². The number of para-hydroxylation sites is 4. The van der Waals surface area contributed by atoms with E-state index in [-0.39, 0.29) is 0 Å². The van der Waals surface area contributed by atoms with Gasteiger partial charge in [-0.1, -0.05) is 55.1 Å². The third-order valence-electron chi connectivity index (χ3n) is 4.34. The van der Waals surface area contributed by atoms with Crippen molar-refractivity contribution >= 4 is 28.4 Å². The zero-order chi connectivity index (χ0) is 15.8. The summed E-state index contributed by atoms with van der Waals surface area (Å²) in [5, 5.41) is 0. The number of fused-ring (bicyclic) bond motifs is 2. The average molecular weight is 298 g/mol. The fraction of sp³-hybridized carbons (Fsp3) is 0.0476. The Kier molecular flexibility index (Phi) is 3.16. The minimum Gasteiger partial charge on any atom is -0.342 e. The second kappa shape index (κ2) is 5.33. The predicted molar refractivity (Wildman–Crippen MR) is 98.6 cm³/mol. The Hall–Kier alpha value is -3.00. The smallest absolute Gasteiger partial charge is 0.0698 e. The van der Waals surface area contributed by atoms with Crippen LogP contribution >= 0.6 is 0 Å². The molecule has 0 radical (unpaired) electrons. The van der Waals surface area contributed by atoms with E-state index in [1.807, 2.05) is 6.07 Å². The Labute approximate surface area is 136 Å². The molecule has 0 atom stereocenters. The fourth-order valence-electron chi connectivity index (χ4n) is 3.21. The standard InChI is InChI=1S/C21H18N2/c1-16-18-12-6-7-13-19(18)22(2)20-14-8-9-15-21(20)23(16)17-10-4-3-5-11-17/h3-15H,1H2,2H3. The quantitative estimate of drug-likeness (QED) is 0.579. The van der Waals surface area contributed by atoms with Gasteiger partial charge in [-0.2, -0.15) is 0 Å². The van der Waals surface area contributed by atoms with Crippen molar-refractivity contribution in [1.82, 2.24) is 0 Å². The van der Waals surface area contributed by atoms with Gasteiger partial charge in [-0.05, 0) is 30.3 Å². The summed E-state index contributed by atoms with van der Waals surface area (Å²) in [5.41, 5.74) is 6.74. The summed E-state index contributed by atoms with van der Waals surface area (Å²) < 4.78 is 0. The first-order valence-corrected chi connectivity index (χ1v) is 7.73. The van der Waals surface area contributed by atoms with Crippen molar-refractivity contribution in [2.24, 2.45) is 0 Å². The summed E-state index contributed by atoms with van der Waals surface area (Å²) in [6.45, 7) is 4.41. The molecule has 0 spiro atoms. The normalized spacial score (nSPS) is 13.3. The molecule has 0 saturated carbocycles. The molecule has 0 saturated heterocycles. The second-order valence-electron chi connectivity index (χ2n) is 5.68. The van der Waals surface area contributed by atoms with Crippen molar-refractivity contribution in [1.29, 1.82) is 0 Å². The van der Waals surface area contributed by atoms with Crippen LogP contribution in [0.2, 0.25) is 0 Å².